The van der Waals surface area contributed by atoms with E-state index in [2.05, 4.69) is 5.32 Å². The number of allylic oxidation sites excluding steroid dienone is 4. The monoisotopic (exact) mass is 839 g/mol. The van der Waals surface area contributed by atoms with Crippen LogP contribution in [0, 0.1) is 24.7 Å². The van der Waals surface area contributed by atoms with Gasteiger partial charge in [0.2, 0.25) is 17.3 Å². The highest BCUT2D eigenvalue weighted by atomic mass is 16.7. The van der Waals surface area contributed by atoms with Gasteiger partial charge in [-0.05, 0) is 44.6 Å². The lowest BCUT2D eigenvalue weighted by Crippen LogP contribution is -2.50. The topological polar surface area (TPSA) is 213 Å². The average Bonchev–Trinajstić information content (AvgIpc) is 3.47. The molecule has 0 saturated heterocycles. The van der Waals surface area contributed by atoms with Crippen LogP contribution in [0.2, 0.25) is 0 Å². The van der Waals surface area contributed by atoms with Crippen molar-refractivity contribution in [2.24, 2.45) is 17.8 Å². The first-order valence-corrected chi connectivity index (χ1v) is 20.1. The average molecular weight is 840 g/mol. The summed E-state index contributed by atoms with van der Waals surface area (Å²) in [6, 6.07) is 2.60. The molecule has 7 atom stereocenters. The van der Waals surface area contributed by atoms with Gasteiger partial charge in [-0.2, -0.15) is 0 Å². The highest BCUT2D eigenvalue weighted by Crippen LogP contribution is 2.44. The molecule has 3 aliphatic rings. The molecule has 4 aromatic rings. The quantitative estimate of drug-likeness (QED) is 0.103. The van der Waals surface area contributed by atoms with Gasteiger partial charge in [0.15, 0.2) is 28.5 Å². The van der Waals surface area contributed by atoms with E-state index in [-0.39, 0.29) is 97.8 Å². The lowest BCUT2D eigenvalue weighted by molar-refractivity contribution is -0.162. The van der Waals surface area contributed by atoms with Gasteiger partial charge < -0.3 is 48.5 Å². The van der Waals surface area contributed by atoms with Crippen molar-refractivity contribution in [3.8, 4) is 17.2 Å². The number of nitrogens with one attached hydrogen (secondary N) is 1. The van der Waals surface area contributed by atoms with E-state index in [9.17, 15) is 29.4 Å². The number of carbonyl (C=O) groups excluding carboxylic acids is 3. The molecule has 322 valence electrons. The van der Waals surface area contributed by atoms with Crippen LogP contribution in [0.5, 0.6) is 17.2 Å². The van der Waals surface area contributed by atoms with E-state index in [0.29, 0.717) is 12.8 Å². The molecule has 16 nitrogen and oxygen atoms in total. The molecule has 0 radical (unpaired) electrons. The number of hydrogen-bond donors (Lipinski definition) is 3. The SMILES string of the molecule is CC(=O)OC1C2Oc3c(C)c4c(c5c3c(=O)c(c3oc6cc(OCCN(C)C=O)cc(=O)c6nc35)NC(=O)/C(C)=C\C=C\C(C)C[C@@H](C)[C@H]2O)=C(O)[C@@](C)(O/C=C/C[C@H]1C)O4. The van der Waals surface area contributed by atoms with Crippen LogP contribution in [0.3, 0.4) is 0 Å². The lowest BCUT2D eigenvalue weighted by Gasteiger charge is -2.37. The zero-order chi connectivity index (χ0) is 44.1. The first-order chi connectivity index (χ1) is 28.9. The molecule has 0 aliphatic carbocycles. The summed E-state index contributed by atoms with van der Waals surface area (Å²) >= 11 is 0. The van der Waals surface area contributed by atoms with Crippen LogP contribution in [-0.2, 0) is 23.9 Å². The van der Waals surface area contributed by atoms with E-state index in [1.807, 2.05) is 26.8 Å². The second-order valence-corrected chi connectivity index (χ2v) is 16.3. The molecule has 61 heavy (non-hydrogen) atoms. The zero-order valence-electron chi connectivity index (χ0n) is 35.2. The molecule has 3 aliphatic heterocycles. The molecule has 7 rings (SSSR count). The second kappa shape index (κ2) is 16.6. The Kier molecular flexibility index (Phi) is 11.6. The number of esters is 1. The Labute approximate surface area is 350 Å². The van der Waals surface area contributed by atoms with Crippen molar-refractivity contribution in [2.45, 2.75) is 85.4 Å². The molecule has 1 aromatic heterocycles. The van der Waals surface area contributed by atoms with Gasteiger partial charge in [-0.15, -0.1) is 0 Å². The maximum atomic E-state index is 15.4. The standard InChI is InChI=1S/C45H49N3O13/c1-21-11-9-12-23(3)44(55)47-35-37(53)31-30(34-41(35)59-29-19-27(18-28(51)33(29)46-34)56-16-14-48(8)20-49)32-40-25(5)39(31)60-42(36(52)24(4)17-21)38(58-26(6)50)22(2)13-10-15-57-45(7,61-40)43(32)54/h9-12,15,18-22,24,36,38,42,52,54H,13-14,16-17H2,1-8H3,(H,47,55)/b11-9+,15-10+,23-12-/t21?,22-,24-,36-,38?,42?,45+/m1/s1. The van der Waals surface area contributed by atoms with Crippen molar-refractivity contribution in [2.75, 3.05) is 25.5 Å². The fourth-order valence-electron chi connectivity index (χ4n) is 8.08. The third-order valence-electron chi connectivity index (χ3n) is 11.5. The van der Waals surface area contributed by atoms with Crippen molar-refractivity contribution >= 4 is 62.7 Å². The molecule has 0 fully saturated rings. The number of hydrogen-bond acceptors (Lipinski definition) is 14. The van der Waals surface area contributed by atoms with Gasteiger partial charge in [-0.1, -0.05) is 39.0 Å². The number of aromatic nitrogens is 1. The summed E-state index contributed by atoms with van der Waals surface area (Å²) in [5, 5.41) is 26.9. The number of aliphatic hydroxyl groups excluding tert-OH is 2. The summed E-state index contributed by atoms with van der Waals surface area (Å²) < 4.78 is 37.5. The van der Waals surface area contributed by atoms with Crippen LogP contribution < -0.4 is 35.6 Å². The second-order valence-electron chi connectivity index (χ2n) is 16.3. The van der Waals surface area contributed by atoms with Crippen LogP contribution in [0.15, 0.2) is 62.3 Å². The summed E-state index contributed by atoms with van der Waals surface area (Å²) in [5.41, 5.74) is -2.06. The Bertz CT molecular complexity index is 2740. The van der Waals surface area contributed by atoms with Gasteiger partial charge in [-0.25, -0.2) is 4.98 Å². The minimum absolute atomic E-state index is 0.0126. The number of ether oxygens (including phenoxy) is 5. The number of likely N-dealkylation sites (N-methyl/N-ethyl adjacent to an activating group) is 1. The zero-order valence-corrected chi connectivity index (χ0v) is 35.2. The largest absolute Gasteiger partial charge is 0.505 e. The number of nitrogens with zero attached hydrogens (tertiary/aromatic N) is 2. The van der Waals surface area contributed by atoms with Crippen molar-refractivity contribution < 1.29 is 52.7 Å². The minimum Gasteiger partial charge on any atom is -0.505 e. The molecule has 2 amide bonds. The Balaban J connectivity index is 1.64. The van der Waals surface area contributed by atoms with Gasteiger partial charge in [0.05, 0.1) is 29.5 Å². The predicted molar refractivity (Wildman–Crippen MR) is 225 cm³/mol. The number of anilines is 1. The first kappa shape index (κ1) is 42.7. The fourth-order valence-corrected chi connectivity index (χ4v) is 8.08. The maximum absolute atomic E-state index is 15.4. The smallest absolute Gasteiger partial charge is 0.307 e. The molecule has 16 heteroatoms. The number of aliphatic hydroxyl groups is 2. The highest BCUT2D eigenvalue weighted by Gasteiger charge is 2.46. The molecule has 3 unspecified atom stereocenters. The van der Waals surface area contributed by atoms with E-state index < -0.39 is 64.4 Å². The third-order valence-corrected chi connectivity index (χ3v) is 11.5. The summed E-state index contributed by atoms with van der Waals surface area (Å²) in [7, 11) is 1.57. The first-order valence-electron chi connectivity index (χ1n) is 20.1. The van der Waals surface area contributed by atoms with Crippen molar-refractivity contribution in [1.82, 2.24) is 9.88 Å². The molecular weight excluding hydrogens is 791 g/mol. The lowest BCUT2D eigenvalue weighted by atomic mass is 9.84. The number of benzene rings is 3. The molecule has 6 bridgehead atoms. The van der Waals surface area contributed by atoms with Gasteiger partial charge in [-0.3, -0.25) is 24.0 Å². The van der Waals surface area contributed by atoms with Crippen LogP contribution in [0.4, 0.5) is 5.69 Å². The summed E-state index contributed by atoms with van der Waals surface area (Å²) in [5.74, 6) is -4.60. The third kappa shape index (κ3) is 7.87. The summed E-state index contributed by atoms with van der Waals surface area (Å²) in [6.45, 7) is 11.8. The molecule has 3 N–H and O–H groups in total. The van der Waals surface area contributed by atoms with Gasteiger partial charge in [0.25, 0.3) is 5.91 Å². The summed E-state index contributed by atoms with van der Waals surface area (Å²) in [4.78, 5) is 73.1. The van der Waals surface area contributed by atoms with E-state index in [1.165, 1.54) is 37.1 Å². The molecule has 0 spiro atoms. The van der Waals surface area contributed by atoms with Gasteiger partial charge in [0, 0.05) is 55.5 Å². The summed E-state index contributed by atoms with van der Waals surface area (Å²) in [6.07, 6.45) is 5.94. The Morgan fingerprint density at radius 3 is 2.57 bits per heavy atom. The Hall–Kier alpha value is -6.42. The van der Waals surface area contributed by atoms with E-state index in [0.717, 1.165) is 0 Å². The van der Waals surface area contributed by atoms with E-state index in [4.69, 9.17) is 33.1 Å². The molecule has 0 saturated carbocycles. The van der Waals surface area contributed by atoms with E-state index in [1.54, 1.807) is 39.1 Å². The fraction of sp³-hybridized carbons (Fsp3) is 0.422. The number of amides is 2. The van der Waals surface area contributed by atoms with E-state index >= 15 is 4.79 Å². The number of fused-ring (bicyclic) bond motifs is 8. The van der Waals surface area contributed by atoms with Crippen LogP contribution in [-0.4, -0.2) is 82.7 Å². The number of carbonyl (C=O) groups is 3. The molecular formula is C45H49N3O13. The Morgan fingerprint density at radius 2 is 1.85 bits per heavy atom. The highest BCUT2D eigenvalue weighted by molar-refractivity contribution is 6.17. The van der Waals surface area contributed by atoms with Crippen molar-refractivity contribution in [1.29, 1.82) is 0 Å². The van der Waals surface area contributed by atoms with Crippen molar-refractivity contribution in [3.05, 3.63) is 79.5 Å². The maximum Gasteiger partial charge on any atom is 0.307 e. The van der Waals surface area contributed by atoms with Crippen LogP contribution in [0.25, 0.3) is 38.7 Å². The minimum atomic E-state index is -1.85. The van der Waals surface area contributed by atoms with Gasteiger partial charge in [0.1, 0.15) is 41.2 Å². The molecule has 4 heterocycles. The van der Waals surface area contributed by atoms with Gasteiger partial charge >= 0.3 is 11.8 Å². The Morgan fingerprint density at radius 1 is 1.10 bits per heavy atom. The van der Waals surface area contributed by atoms with Crippen LogP contribution >= 0.6 is 0 Å². The predicted octanol–water partition coefficient (Wildman–Crippen LogP) is 4.85. The normalized spacial score (nSPS) is 27.3. The van der Waals surface area contributed by atoms with Crippen molar-refractivity contribution in [3.63, 3.8) is 0 Å². The number of rotatable bonds is 6. The van der Waals surface area contributed by atoms with Crippen LogP contribution in [0.1, 0.15) is 59.9 Å². The molecule has 3 aromatic carbocycles.